The molecule has 3 N–H and O–H groups in total. The number of Topliss-reactive ketones (excluding diaryl/α,β-unsaturated/α-hetero) is 1. The van der Waals surface area contributed by atoms with Gasteiger partial charge in [0.25, 0.3) is 5.91 Å². The number of anilines is 2. The average Bonchev–Trinajstić information content (AvgIpc) is 2.47. The quantitative estimate of drug-likeness (QED) is 0.839. The summed E-state index contributed by atoms with van der Waals surface area (Å²) < 4.78 is 4.97. The Morgan fingerprint density at radius 2 is 1.90 bits per heavy atom. The van der Waals surface area contributed by atoms with Crippen molar-refractivity contribution >= 4 is 23.1 Å². The highest BCUT2D eigenvalue weighted by atomic mass is 16.5. The Morgan fingerprint density at radius 3 is 2.48 bits per heavy atom. The molecule has 0 fully saturated rings. The third kappa shape index (κ3) is 3.17. The van der Waals surface area contributed by atoms with E-state index in [1.54, 1.807) is 24.3 Å². The number of para-hydroxylation sites is 1. The molecule has 0 radical (unpaired) electrons. The Kier molecular flexibility index (Phi) is 4.18. The molecule has 0 saturated heterocycles. The predicted molar refractivity (Wildman–Crippen MR) is 79.6 cm³/mol. The number of hydrogen-bond acceptors (Lipinski definition) is 5. The van der Waals surface area contributed by atoms with Gasteiger partial charge in [-0.25, -0.2) is 4.98 Å². The van der Waals surface area contributed by atoms with E-state index in [1.807, 2.05) is 6.07 Å². The van der Waals surface area contributed by atoms with Gasteiger partial charge < -0.3 is 15.8 Å². The molecule has 0 aliphatic heterocycles. The van der Waals surface area contributed by atoms with Crippen LogP contribution in [-0.2, 0) is 0 Å². The van der Waals surface area contributed by atoms with Crippen LogP contribution in [0.1, 0.15) is 27.8 Å². The highest BCUT2D eigenvalue weighted by Crippen LogP contribution is 2.23. The number of hydrogen-bond donors (Lipinski definition) is 2. The second-order valence-corrected chi connectivity index (χ2v) is 4.36. The molecule has 1 heterocycles. The van der Waals surface area contributed by atoms with Crippen molar-refractivity contribution in [3.8, 4) is 5.88 Å². The number of methoxy groups -OCH3 is 1. The lowest BCUT2D eigenvalue weighted by atomic mass is 10.1. The van der Waals surface area contributed by atoms with E-state index in [-0.39, 0.29) is 28.6 Å². The molecule has 1 aromatic carbocycles. The van der Waals surface area contributed by atoms with Gasteiger partial charge in [-0.15, -0.1) is 0 Å². The van der Waals surface area contributed by atoms with Gasteiger partial charge in [-0.2, -0.15) is 0 Å². The fourth-order valence-corrected chi connectivity index (χ4v) is 1.84. The zero-order valence-corrected chi connectivity index (χ0v) is 11.7. The Balaban J connectivity index is 2.40. The van der Waals surface area contributed by atoms with Gasteiger partial charge in [-0.1, -0.05) is 18.2 Å². The maximum absolute atomic E-state index is 12.3. The summed E-state index contributed by atoms with van der Waals surface area (Å²) in [7, 11) is 1.40. The normalized spacial score (nSPS) is 10.0. The molecule has 0 bridgehead atoms. The number of benzene rings is 1. The van der Waals surface area contributed by atoms with Crippen LogP contribution in [0.15, 0.2) is 36.4 Å². The molecular weight excluding hydrogens is 270 g/mol. The minimum absolute atomic E-state index is 0.0227. The van der Waals surface area contributed by atoms with E-state index in [2.05, 4.69) is 10.3 Å². The zero-order chi connectivity index (χ0) is 15.4. The van der Waals surface area contributed by atoms with Crippen molar-refractivity contribution in [3.63, 3.8) is 0 Å². The third-order valence-electron chi connectivity index (χ3n) is 2.82. The zero-order valence-electron chi connectivity index (χ0n) is 11.7. The summed E-state index contributed by atoms with van der Waals surface area (Å²) in [6.45, 7) is 1.33. The van der Waals surface area contributed by atoms with Gasteiger partial charge in [-0.05, 0) is 18.2 Å². The first-order valence-corrected chi connectivity index (χ1v) is 6.24. The number of nitrogens with one attached hydrogen (secondary N) is 1. The van der Waals surface area contributed by atoms with Crippen molar-refractivity contribution in [2.24, 2.45) is 0 Å². The topological polar surface area (TPSA) is 94.3 Å². The molecule has 0 aliphatic rings. The number of carbonyl (C=O) groups excluding carboxylic acids is 2. The number of nitrogens with zero attached hydrogens (tertiary/aromatic N) is 1. The summed E-state index contributed by atoms with van der Waals surface area (Å²) in [5.74, 6) is -0.670. The van der Waals surface area contributed by atoms with Gasteiger partial charge in [0, 0.05) is 12.6 Å². The van der Waals surface area contributed by atoms with Crippen LogP contribution in [0.4, 0.5) is 11.4 Å². The summed E-state index contributed by atoms with van der Waals surface area (Å²) in [5.41, 5.74) is 6.70. The Hall–Kier alpha value is -2.89. The van der Waals surface area contributed by atoms with E-state index in [4.69, 9.17) is 10.5 Å². The van der Waals surface area contributed by atoms with E-state index in [9.17, 15) is 9.59 Å². The maximum atomic E-state index is 12.3. The number of ether oxygens (including phenoxy) is 1. The lowest BCUT2D eigenvalue weighted by Crippen LogP contribution is -2.18. The monoisotopic (exact) mass is 285 g/mol. The standard InChI is InChI=1S/C15H15N3O3/c1-9(19)13-11(8-12(16)15(18-13)21-2)14(20)17-10-6-4-3-5-7-10/h3-8H,16H2,1-2H3,(H,17,20). The number of pyridine rings is 1. The van der Waals surface area contributed by atoms with Crippen LogP contribution < -0.4 is 15.8 Å². The van der Waals surface area contributed by atoms with Crippen molar-refractivity contribution in [2.45, 2.75) is 6.92 Å². The maximum Gasteiger partial charge on any atom is 0.258 e. The summed E-state index contributed by atoms with van der Waals surface area (Å²) in [4.78, 5) is 28.0. The van der Waals surface area contributed by atoms with Gasteiger partial charge in [0.1, 0.15) is 5.69 Å². The van der Waals surface area contributed by atoms with Gasteiger partial charge in [0.15, 0.2) is 5.78 Å². The SMILES string of the molecule is COc1nc(C(C)=O)c(C(=O)Nc2ccccc2)cc1N. The number of rotatable bonds is 4. The predicted octanol–water partition coefficient (Wildman–Crippen LogP) is 2.13. The van der Waals surface area contributed by atoms with Gasteiger partial charge in [-0.3, -0.25) is 9.59 Å². The molecule has 21 heavy (non-hydrogen) atoms. The van der Waals surface area contributed by atoms with Gasteiger partial charge >= 0.3 is 0 Å². The molecule has 6 nitrogen and oxygen atoms in total. The van der Waals surface area contributed by atoms with Crippen LogP contribution in [0.3, 0.4) is 0 Å². The average molecular weight is 285 g/mol. The lowest BCUT2D eigenvalue weighted by Gasteiger charge is -2.11. The summed E-state index contributed by atoms with van der Waals surface area (Å²) in [6, 6.07) is 10.3. The van der Waals surface area contributed by atoms with Crippen molar-refractivity contribution in [1.29, 1.82) is 0 Å². The number of nitrogen functional groups attached to an aromatic ring is 1. The fourth-order valence-electron chi connectivity index (χ4n) is 1.84. The molecule has 0 saturated carbocycles. The molecule has 1 amide bonds. The fraction of sp³-hybridized carbons (Fsp3) is 0.133. The van der Waals surface area contributed by atoms with E-state index < -0.39 is 5.91 Å². The first kappa shape index (κ1) is 14.5. The van der Waals surface area contributed by atoms with Crippen LogP contribution in [-0.4, -0.2) is 23.8 Å². The first-order valence-electron chi connectivity index (χ1n) is 6.24. The Labute approximate surface area is 121 Å². The number of ketones is 1. The second kappa shape index (κ2) is 6.04. The Morgan fingerprint density at radius 1 is 1.24 bits per heavy atom. The largest absolute Gasteiger partial charge is 0.480 e. The summed E-state index contributed by atoms with van der Waals surface area (Å²) in [5, 5.41) is 2.69. The van der Waals surface area contributed by atoms with E-state index in [0.29, 0.717) is 5.69 Å². The van der Waals surface area contributed by atoms with Crippen LogP contribution >= 0.6 is 0 Å². The minimum atomic E-state index is -0.451. The second-order valence-electron chi connectivity index (χ2n) is 4.36. The van der Waals surface area contributed by atoms with Crippen LogP contribution in [0.25, 0.3) is 0 Å². The molecule has 108 valence electrons. The number of aromatic nitrogens is 1. The molecule has 0 atom stereocenters. The molecule has 0 aliphatic carbocycles. The molecule has 0 unspecified atom stereocenters. The molecule has 6 heteroatoms. The lowest BCUT2D eigenvalue weighted by molar-refractivity contribution is 0.0980. The summed E-state index contributed by atoms with van der Waals surface area (Å²) >= 11 is 0. The highest BCUT2D eigenvalue weighted by molar-refractivity contribution is 6.11. The first-order chi connectivity index (χ1) is 10.0. The van der Waals surface area contributed by atoms with E-state index >= 15 is 0 Å². The van der Waals surface area contributed by atoms with Crippen molar-refractivity contribution in [1.82, 2.24) is 4.98 Å². The minimum Gasteiger partial charge on any atom is -0.480 e. The van der Waals surface area contributed by atoms with Gasteiger partial charge in [0.05, 0.1) is 18.4 Å². The number of amides is 1. The van der Waals surface area contributed by atoms with Crippen molar-refractivity contribution < 1.29 is 14.3 Å². The third-order valence-corrected chi connectivity index (χ3v) is 2.82. The van der Waals surface area contributed by atoms with Crippen LogP contribution in [0.5, 0.6) is 5.88 Å². The summed E-state index contributed by atoms with van der Waals surface area (Å²) in [6.07, 6.45) is 0. The van der Waals surface area contributed by atoms with Crippen molar-refractivity contribution in [3.05, 3.63) is 47.7 Å². The molecule has 1 aromatic heterocycles. The molecule has 0 spiro atoms. The Bertz CT molecular complexity index is 684. The number of carbonyl (C=O) groups is 2. The van der Waals surface area contributed by atoms with E-state index in [0.717, 1.165) is 0 Å². The van der Waals surface area contributed by atoms with E-state index in [1.165, 1.54) is 20.1 Å². The number of nitrogens with two attached hydrogens (primary N) is 1. The molecule has 2 aromatic rings. The van der Waals surface area contributed by atoms with Gasteiger partial charge in [0.2, 0.25) is 5.88 Å². The molecule has 2 rings (SSSR count). The van der Waals surface area contributed by atoms with Crippen LogP contribution in [0, 0.1) is 0 Å². The smallest absolute Gasteiger partial charge is 0.258 e. The highest BCUT2D eigenvalue weighted by Gasteiger charge is 2.19. The van der Waals surface area contributed by atoms with Crippen molar-refractivity contribution in [2.75, 3.05) is 18.2 Å². The van der Waals surface area contributed by atoms with Crippen LogP contribution in [0.2, 0.25) is 0 Å². The molecular formula is C15H15N3O3.